The molecule has 0 amide bonds. The van der Waals surface area contributed by atoms with Crippen LogP contribution in [0.3, 0.4) is 0 Å². The van der Waals surface area contributed by atoms with E-state index in [9.17, 15) is 4.79 Å². The summed E-state index contributed by atoms with van der Waals surface area (Å²) < 4.78 is 10.4. The van der Waals surface area contributed by atoms with E-state index >= 15 is 0 Å². The van der Waals surface area contributed by atoms with E-state index in [1.807, 2.05) is 30.3 Å². The number of carbonyl (C=O) groups is 1. The first kappa shape index (κ1) is 13.7. The lowest BCUT2D eigenvalue weighted by Crippen LogP contribution is -2.06. The van der Waals surface area contributed by atoms with E-state index in [4.69, 9.17) is 9.15 Å². The van der Waals surface area contributed by atoms with Crippen molar-refractivity contribution in [1.82, 2.24) is 4.98 Å². The molecule has 1 heterocycles. The molecule has 0 bridgehead atoms. The number of hydrogen-bond acceptors (Lipinski definition) is 5. The number of hydrogen-bond donors (Lipinski definition) is 0. The summed E-state index contributed by atoms with van der Waals surface area (Å²) in [5.74, 6) is 1.20. The van der Waals surface area contributed by atoms with Crippen LogP contribution in [0.2, 0.25) is 0 Å². The van der Waals surface area contributed by atoms with Crippen molar-refractivity contribution < 1.29 is 13.9 Å². The number of benzene rings is 1. The fraction of sp³-hybridized carbons (Fsp3) is 0.286. The molecule has 0 N–H and O–H groups in total. The molecule has 2 aromatic rings. The van der Waals surface area contributed by atoms with Gasteiger partial charge in [-0.15, -0.1) is 11.8 Å². The third-order valence-corrected chi connectivity index (χ3v) is 3.41. The minimum absolute atomic E-state index is 0.269. The fourth-order valence-electron chi connectivity index (χ4n) is 1.56. The topological polar surface area (TPSA) is 52.3 Å². The Morgan fingerprint density at radius 1 is 1.37 bits per heavy atom. The van der Waals surface area contributed by atoms with E-state index in [0.717, 1.165) is 4.90 Å². The molecule has 0 radical (unpaired) electrons. The second-order valence-electron chi connectivity index (χ2n) is 3.83. The first-order chi connectivity index (χ1) is 9.20. The predicted octanol–water partition coefficient (Wildman–Crippen LogP) is 3.45. The molecule has 2 rings (SSSR count). The Kier molecular flexibility index (Phi) is 4.63. The minimum Gasteiger partial charge on any atom is -0.461 e. The maximum atomic E-state index is 11.6. The second kappa shape index (κ2) is 6.43. The van der Waals surface area contributed by atoms with Crippen molar-refractivity contribution in [2.45, 2.75) is 24.5 Å². The maximum Gasteiger partial charge on any atom is 0.360 e. The highest BCUT2D eigenvalue weighted by Gasteiger charge is 2.17. The van der Waals surface area contributed by atoms with Gasteiger partial charge in [0, 0.05) is 4.90 Å². The highest BCUT2D eigenvalue weighted by atomic mass is 32.2. The van der Waals surface area contributed by atoms with Gasteiger partial charge in [0.25, 0.3) is 0 Å². The van der Waals surface area contributed by atoms with Crippen LogP contribution in [0.15, 0.2) is 39.6 Å². The highest BCUT2D eigenvalue weighted by Crippen LogP contribution is 2.23. The quantitative estimate of drug-likeness (QED) is 0.619. The van der Waals surface area contributed by atoms with Gasteiger partial charge in [-0.05, 0) is 26.0 Å². The lowest BCUT2D eigenvalue weighted by atomic mass is 10.4. The molecule has 1 aromatic carbocycles. The van der Waals surface area contributed by atoms with Crippen molar-refractivity contribution in [1.29, 1.82) is 0 Å². The van der Waals surface area contributed by atoms with Crippen molar-refractivity contribution in [3.63, 3.8) is 0 Å². The number of thioether (sulfide) groups is 1. The van der Waals surface area contributed by atoms with Crippen molar-refractivity contribution >= 4 is 17.7 Å². The van der Waals surface area contributed by atoms with Crippen LogP contribution in [0.1, 0.15) is 29.1 Å². The third kappa shape index (κ3) is 3.61. The number of aryl methyl sites for hydroxylation is 1. The van der Waals surface area contributed by atoms with Crippen molar-refractivity contribution in [2.24, 2.45) is 0 Å². The van der Waals surface area contributed by atoms with Crippen LogP contribution in [0, 0.1) is 6.92 Å². The largest absolute Gasteiger partial charge is 0.461 e. The molecule has 1 aromatic heterocycles. The summed E-state index contributed by atoms with van der Waals surface area (Å²) in [6.07, 6.45) is 0. The monoisotopic (exact) mass is 277 g/mol. The molecule has 0 saturated carbocycles. The Labute approximate surface area is 116 Å². The van der Waals surface area contributed by atoms with Crippen LogP contribution in [0.5, 0.6) is 0 Å². The molecular formula is C14H15NO3S. The Hall–Kier alpha value is -1.75. The maximum absolute atomic E-state index is 11.6. The number of esters is 1. The SMILES string of the molecule is CCOC(=O)c1nc(CSc2ccccc2)oc1C. The highest BCUT2D eigenvalue weighted by molar-refractivity contribution is 7.98. The minimum atomic E-state index is -0.431. The molecule has 19 heavy (non-hydrogen) atoms. The molecule has 0 atom stereocenters. The van der Waals surface area contributed by atoms with E-state index in [-0.39, 0.29) is 5.69 Å². The zero-order valence-corrected chi connectivity index (χ0v) is 11.7. The van der Waals surface area contributed by atoms with Gasteiger partial charge in [0.05, 0.1) is 12.4 Å². The molecule has 5 heteroatoms. The Morgan fingerprint density at radius 3 is 2.79 bits per heavy atom. The summed E-state index contributed by atoms with van der Waals surface area (Å²) >= 11 is 1.61. The average molecular weight is 277 g/mol. The predicted molar refractivity (Wildman–Crippen MR) is 73.2 cm³/mol. The molecular weight excluding hydrogens is 262 g/mol. The summed E-state index contributed by atoms with van der Waals surface area (Å²) in [4.78, 5) is 16.9. The van der Waals surface area contributed by atoms with Crippen LogP contribution < -0.4 is 0 Å². The van der Waals surface area contributed by atoms with Gasteiger partial charge in [0.15, 0.2) is 5.69 Å². The molecule has 0 aliphatic carbocycles. The van der Waals surface area contributed by atoms with Crippen molar-refractivity contribution in [2.75, 3.05) is 6.61 Å². The van der Waals surface area contributed by atoms with Crippen LogP contribution in [0.25, 0.3) is 0 Å². The first-order valence-electron chi connectivity index (χ1n) is 6.02. The number of rotatable bonds is 5. The van der Waals surface area contributed by atoms with Gasteiger partial charge in [0.2, 0.25) is 5.89 Å². The van der Waals surface area contributed by atoms with Crippen LogP contribution in [0.4, 0.5) is 0 Å². The molecule has 0 unspecified atom stereocenters. The van der Waals surface area contributed by atoms with Crippen molar-refractivity contribution in [3.05, 3.63) is 47.7 Å². The van der Waals surface area contributed by atoms with E-state index in [2.05, 4.69) is 4.98 Å². The van der Waals surface area contributed by atoms with Gasteiger partial charge in [-0.3, -0.25) is 0 Å². The molecule has 0 aliphatic rings. The van der Waals surface area contributed by atoms with Gasteiger partial charge in [-0.25, -0.2) is 9.78 Å². The molecule has 100 valence electrons. The van der Waals surface area contributed by atoms with Crippen molar-refractivity contribution in [3.8, 4) is 0 Å². The molecule has 0 fully saturated rings. The van der Waals surface area contributed by atoms with E-state index in [0.29, 0.717) is 24.0 Å². The van der Waals surface area contributed by atoms with Gasteiger partial charge in [-0.2, -0.15) is 0 Å². The van der Waals surface area contributed by atoms with Gasteiger partial charge >= 0.3 is 5.97 Å². The lowest BCUT2D eigenvalue weighted by Gasteiger charge is -1.97. The Morgan fingerprint density at radius 2 is 2.11 bits per heavy atom. The lowest BCUT2D eigenvalue weighted by molar-refractivity contribution is 0.0518. The van der Waals surface area contributed by atoms with Gasteiger partial charge in [-0.1, -0.05) is 18.2 Å². The zero-order chi connectivity index (χ0) is 13.7. The zero-order valence-electron chi connectivity index (χ0n) is 10.9. The Balaban J connectivity index is 2.02. The molecule has 0 aliphatic heterocycles. The summed E-state index contributed by atoms with van der Waals surface area (Å²) in [5, 5.41) is 0. The number of ether oxygens (including phenoxy) is 1. The molecule has 0 spiro atoms. The van der Waals surface area contributed by atoms with Crippen LogP contribution >= 0.6 is 11.8 Å². The average Bonchev–Trinajstić information content (AvgIpc) is 2.79. The van der Waals surface area contributed by atoms with E-state index < -0.39 is 5.97 Å². The normalized spacial score (nSPS) is 10.4. The smallest absolute Gasteiger partial charge is 0.360 e. The summed E-state index contributed by atoms with van der Waals surface area (Å²) in [6, 6.07) is 9.97. The van der Waals surface area contributed by atoms with Gasteiger partial charge < -0.3 is 9.15 Å². The number of aromatic nitrogens is 1. The van der Waals surface area contributed by atoms with Crippen LogP contribution in [-0.4, -0.2) is 17.6 Å². The number of oxazole rings is 1. The first-order valence-corrected chi connectivity index (χ1v) is 7.00. The van der Waals surface area contributed by atoms with Gasteiger partial charge in [0.1, 0.15) is 5.76 Å². The second-order valence-corrected chi connectivity index (χ2v) is 4.88. The van der Waals surface area contributed by atoms with Crippen LogP contribution in [-0.2, 0) is 10.5 Å². The molecule has 4 nitrogen and oxygen atoms in total. The number of nitrogens with zero attached hydrogens (tertiary/aromatic N) is 1. The van der Waals surface area contributed by atoms with E-state index in [1.165, 1.54) is 0 Å². The summed E-state index contributed by atoms with van der Waals surface area (Å²) in [6.45, 7) is 3.81. The standard InChI is InChI=1S/C14H15NO3S/c1-3-17-14(16)13-10(2)18-12(15-13)9-19-11-7-5-4-6-8-11/h4-8H,3,9H2,1-2H3. The summed E-state index contributed by atoms with van der Waals surface area (Å²) in [7, 11) is 0. The fourth-order valence-corrected chi connectivity index (χ4v) is 2.33. The number of carbonyl (C=O) groups excluding carboxylic acids is 1. The third-order valence-electron chi connectivity index (χ3n) is 2.42. The van der Waals surface area contributed by atoms with E-state index in [1.54, 1.807) is 25.6 Å². The Bertz CT molecular complexity index is 551. The summed E-state index contributed by atoms with van der Waals surface area (Å²) in [5.41, 5.74) is 0.269. The molecule has 0 saturated heterocycles.